The lowest BCUT2D eigenvalue weighted by atomic mass is 9.78. The molecule has 0 unspecified atom stereocenters. The van der Waals surface area contributed by atoms with Gasteiger partial charge in [0, 0.05) is 32.7 Å². The minimum absolute atomic E-state index is 0.663. The topological polar surface area (TPSA) is 27.7 Å². The predicted molar refractivity (Wildman–Crippen MR) is 72.9 cm³/mol. The lowest BCUT2D eigenvalue weighted by molar-refractivity contribution is 0.0337. The molecule has 3 saturated heterocycles. The van der Waals surface area contributed by atoms with Crippen molar-refractivity contribution in [3.8, 4) is 0 Å². The van der Waals surface area contributed by atoms with Crippen molar-refractivity contribution in [1.29, 1.82) is 0 Å². The Bertz CT molecular complexity index is 260. The Hall–Kier alpha value is -0.160. The van der Waals surface area contributed by atoms with Crippen molar-refractivity contribution >= 4 is 0 Å². The van der Waals surface area contributed by atoms with Gasteiger partial charge in [-0.05, 0) is 44.3 Å². The van der Waals surface area contributed by atoms with E-state index in [1.165, 1.54) is 58.5 Å². The van der Waals surface area contributed by atoms with Gasteiger partial charge in [0.15, 0.2) is 0 Å². The van der Waals surface area contributed by atoms with Crippen molar-refractivity contribution < 1.29 is 4.74 Å². The van der Waals surface area contributed by atoms with Gasteiger partial charge in [-0.1, -0.05) is 0 Å². The molecule has 0 aliphatic carbocycles. The van der Waals surface area contributed by atoms with Crippen molar-refractivity contribution in [3.05, 3.63) is 0 Å². The van der Waals surface area contributed by atoms with Crippen LogP contribution in [0.5, 0.6) is 0 Å². The highest BCUT2D eigenvalue weighted by atomic mass is 16.5. The smallest absolute Gasteiger partial charge is 0.0594 e. The van der Waals surface area contributed by atoms with E-state index in [-0.39, 0.29) is 0 Å². The fourth-order valence-corrected chi connectivity index (χ4v) is 3.69. The molecule has 0 radical (unpaired) electrons. The van der Waals surface area contributed by atoms with Crippen LogP contribution in [0.1, 0.15) is 19.3 Å². The van der Waals surface area contributed by atoms with Crippen LogP contribution < -0.4 is 5.32 Å². The van der Waals surface area contributed by atoms with E-state index in [1.54, 1.807) is 0 Å². The SMILES string of the molecule is C1CC2(CCN1)CCN(CCN1CCOCC1)C2. The molecule has 3 fully saturated rings. The summed E-state index contributed by atoms with van der Waals surface area (Å²) in [5.74, 6) is 0. The van der Waals surface area contributed by atoms with Gasteiger partial charge < -0.3 is 15.0 Å². The monoisotopic (exact) mass is 253 g/mol. The molecular weight excluding hydrogens is 226 g/mol. The molecule has 1 spiro atoms. The third kappa shape index (κ3) is 3.05. The number of ether oxygens (including phenoxy) is 1. The summed E-state index contributed by atoms with van der Waals surface area (Å²) in [7, 11) is 0. The molecule has 0 atom stereocenters. The van der Waals surface area contributed by atoms with Gasteiger partial charge in [0.25, 0.3) is 0 Å². The minimum Gasteiger partial charge on any atom is -0.379 e. The molecule has 0 saturated carbocycles. The van der Waals surface area contributed by atoms with Gasteiger partial charge in [0.1, 0.15) is 0 Å². The van der Waals surface area contributed by atoms with Crippen LogP contribution in [0, 0.1) is 5.41 Å². The van der Waals surface area contributed by atoms with Crippen molar-refractivity contribution in [3.63, 3.8) is 0 Å². The molecule has 3 heterocycles. The maximum atomic E-state index is 5.40. The van der Waals surface area contributed by atoms with Crippen LogP contribution in [0.3, 0.4) is 0 Å². The van der Waals surface area contributed by atoms with E-state index >= 15 is 0 Å². The molecule has 4 heteroatoms. The lowest BCUT2D eigenvalue weighted by Crippen LogP contribution is -2.42. The zero-order chi connectivity index (χ0) is 12.3. The molecule has 3 rings (SSSR count). The lowest BCUT2D eigenvalue weighted by Gasteiger charge is -2.34. The van der Waals surface area contributed by atoms with Gasteiger partial charge in [-0.2, -0.15) is 0 Å². The molecule has 104 valence electrons. The summed E-state index contributed by atoms with van der Waals surface area (Å²) >= 11 is 0. The van der Waals surface area contributed by atoms with Gasteiger partial charge >= 0.3 is 0 Å². The van der Waals surface area contributed by atoms with Crippen molar-refractivity contribution in [2.45, 2.75) is 19.3 Å². The Kier molecular flexibility index (Phi) is 4.19. The fourth-order valence-electron chi connectivity index (χ4n) is 3.69. The summed E-state index contributed by atoms with van der Waals surface area (Å²) in [6, 6.07) is 0. The second kappa shape index (κ2) is 5.87. The number of morpholine rings is 1. The van der Waals surface area contributed by atoms with E-state index in [2.05, 4.69) is 15.1 Å². The predicted octanol–water partition coefficient (Wildman–Crippen LogP) is 0.394. The van der Waals surface area contributed by atoms with Crippen LogP contribution in [-0.2, 0) is 4.74 Å². The normalized spacial score (nSPS) is 30.0. The van der Waals surface area contributed by atoms with Crippen LogP contribution >= 0.6 is 0 Å². The summed E-state index contributed by atoms with van der Waals surface area (Å²) in [5.41, 5.74) is 0.663. The van der Waals surface area contributed by atoms with Crippen molar-refractivity contribution in [1.82, 2.24) is 15.1 Å². The molecule has 0 aromatic rings. The number of likely N-dealkylation sites (tertiary alicyclic amines) is 1. The Labute approximate surface area is 111 Å². The average Bonchev–Trinajstić information content (AvgIpc) is 2.82. The van der Waals surface area contributed by atoms with Crippen LogP contribution in [-0.4, -0.2) is 75.4 Å². The first-order valence-electron chi connectivity index (χ1n) is 7.60. The Morgan fingerprint density at radius 1 is 0.889 bits per heavy atom. The number of nitrogens with one attached hydrogen (secondary N) is 1. The number of nitrogens with zero attached hydrogens (tertiary/aromatic N) is 2. The van der Waals surface area contributed by atoms with Gasteiger partial charge in [0.05, 0.1) is 13.2 Å². The summed E-state index contributed by atoms with van der Waals surface area (Å²) < 4.78 is 5.40. The Morgan fingerprint density at radius 3 is 2.39 bits per heavy atom. The first-order chi connectivity index (χ1) is 8.86. The molecule has 0 amide bonds. The molecule has 0 aromatic carbocycles. The molecule has 3 aliphatic heterocycles. The van der Waals surface area contributed by atoms with Crippen molar-refractivity contribution in [2.75, 3.05) is 65.6 Å². The van der Waals surface area contributed by atoms with Crippen LogP contribution in [0.15, 0.2) is 0 Å². The van der Waals surface area contributed by atoms with E-state index in [0.717, 1.165) is 26.3 Å². The maximum absolute atomic E-state index is 5.40. The second-order valence-electron chi connectivity index (χ2n) is 6.23. The van der Waals surface area contributed by atoms with Crippen LogP contribution in [0.25, 0.3) is 0 Å². The zero-order valence-corrected chi connectivity index (χ0v) is 11.5. The third-order valence-corrected chi connectivity index (χ3v) is 5.02. The van der Waals surface area contributed by atoms with E-state index < -0.39 is 0 Å². The largest absolute Gasteiger partial charge is 0.379 e. The first kappa shape index (κ1) is 12.9. The molecule has 18 heavy (non-hydrogen) atoms. The Morgan fingerprint density at radius 2 is 1.61 bits per heavy atom. The molecule has 3 aliphatic rings. The van der Waals surface area contributed by atoms with Crippen LogP contribution in [0.2, 0.25) is 0 Å². The molecule has 0 aromatic heterocycles. The molecule has 0 bridgehead atoms. The van der Waals surface area contributed by atoms with E-state index in [0.29, 0.717) is 5.41 Å². The van der Waals surface area contributed by atoms with Gasteiger partial charge in [-0.25, -0.2) is 0 Å². The average molecular weight is 253 g/mol. The summed E-state index contributed by atoms with van der Waals surface area (Å²) in [5, 5.41) is 3.49. The van der Waals surface area contributed by atoms with Gasteiger partial charge in [-0.3, -0.25) is 4.90 Å². The zero-order valence-electron chi connectivity index (χ0n) is 11.5. The minimum atomic E-state index is 0.663. The Balaban J connectivity index is 1.41. The number of hydrogen-bond acceptors (Lipinski definition) is 4. The van der Waals surface area contributed by atoms with E-state index in [9.17, 15) is 0 Å². The third-order valence-electron chi connectivity index (χ3n) is 5.02. The quantitative estimate of drug-likeness (QED) is 0.788. The molecule has 4 nitrogen and oxygen atoms in total. The number of piperidine rings is 1. The molecular formula is C14H27N3O. The summed E-state index contributed by atoms with van der Waals surface area (Å²) in [6.45, 7) is 11.7. The van der Waals surface area contributed by atoms with Crippen molar-refractivity contribution in [2.24, 2.45) is 5.41 Å². The highest BCUT2D eigenvalue weighted by Crippen LogP contribution is 2.38. The first-order valence-corrected chi connectivity index (χ1v) is 7.60. The van der Waals surface area contributed by atoms with Gasteiger partial charge in [-0.15, -0.1) is 0 Å². The van der Waals surface area contributed by atoms with E-state index in [1.807, 2.05) is 0 Å². The number of hydrogen-bond donors (Lipinski definition) is 1. The highest BCUT2D eigenvalue weighted by Gasteiger charge is 2.38. The number of rotatable bonds is 3. The highest BCUT2D eigenvalue weighted by molar-refractivity contribution is 4.93. The fraction of sp³-hybridized carbons (Fsp3) is 1.00. The van der Waals surface area contributed by atoms with Gasteiger partial charge in [0.2, 0.25) is 0 Å². The van der Waals surface area contributed by atoms with Crippen LogP contribution in [0.4, 0.5) is 0 Å². The molecule has 1 N–H and O–H groups in total. The summed E-state index contributed by atoms with van der Waals surface area (Å²) in [6.07, 6.45) is 4.21. The van der Waals surface area contributed by atoms with E-state index in [4.69, 9.17) is 4.74 Å². The maximum Gasteiger partial charge on any atom is 0.0594 e. The second-order valence-corrected chi connectivity index (χ2v) is 6.23. The summed E-state index contributed by atoms with van der Waals surface area (Å²) in [4.78, 5) is 5.25. The standard InChI is InChI=1S/C14H27N3O/c1-4-15-5-2-14(1)3-6-17(13-14)8-7-16-9-11-18-12-10-16/h15H,1-13H2.